The van der Waals surface area contributed by atoms with Crippen LogP contribution in [0.4, 0.5) is 0 Å². The molecule has 1 aromatic carbocycles. The van der Waals surface area contributed by atoms with Gasteiger partial charge in [-0.25, -0.2) is 0 Å². The molecule has 0 bridgehead atoms. The van der Waals surface area contributed by atoms with E-state index in [2.05, 4.69) is 17.5 Å². The lowest BCUT2D eigenvalue weighted by Crippen LogP contribution is -2.47. The van der Waals surface area contributed by atoms with Crippen LogP contribution >= 0.6 is 11.8 Å². The maximum absolute atomic E-state index is 12.5. The molecule has 6 heteroatoms. The number of nitriles is 2. The van der Waals surface area contributed by atoms with Gasteiger partial charge in [-0.05, 0) is 23.8 Å². The zero-order chi connectivity index (χ0) is 15.5. The third-order valence-electron chi connectivity index (χ3n) is 3.79. The molecular formula is C16H14N4OS. The van der Waals surface area contributed by atoms with Gasteiger partial charge in [0.25, 0.3) is 0 Å². The highest BCUT2D eigenvalue weighted by atomic mass is 32.2. The second kappa shape index (κ2) is 6.23. The molecule has 1 amide bonds. The van der Waals surface area contributed by atoms with Crippen molar-refractivity contribution in [1.82, 2.24) is 10.2 Å². The van der Waals surface area contributed by atoms with Gasteiger partial charge in [0.2, 0.25) is 5.91 Å². The Morgan fingerprint density at radius 3 is 2.77 bits per heavy atom. The number of benzene rings is 1. The third kappa shape index (κ3) is 2.71. The van der Waals surface area contributed by atoms with E-state index in [9.17, 15) is 4.79 Å². The molecule has 0 aromatic heterocycles. The van der Waals surface area contributed by atoms with Crippen molar-refractivity contribution in [2.24, 2.45) is 0 Å². The van der Waals surface area contributed by atoms with Crippen LogP contribution in [0.1, 0.15) is 16.5 Å². The predicted molar refractivity (Wildman–Crippen MR) is 83.5 cm³/mol. The molecule has 2 aliphatic heterocycles. The maximum atomic E-state index is 12.5. The minimum absolute atomic E-state index is 0.0276. The SMILES string of the molecule is N#Cc1ccc([C@@H]2N[C@H](C(=O)N3CC=C[C@H]3C#N)CS2)cc1. The summed E-state index contributed by atoms with van der Waals surface area (Å²) in [4.78, 5) is 14.1. The molecule has 0 unspecified atom stereocenters. The Morgan fingerprint density at radius 2 is 2.09 bits per heavy atom. The topological polar surface area (TPSA) is 79.9 Å². The monoisotopic (exact) mass is 310 g/mol. The Kier molecular flexibility index (Phi) is 4.15. The Labute approximate surface area is 133 Å². The first-order valence-electron chi connectivity index (χ1n) is 6.97. The van der Waals surface area contributed by atoms with Crippen molar-refractivity contribution in [3.05, 3.63) is 47.5 Å². The molecule has 1 fully saturated rings. The first kappa shape index (κ1) is 14.6. The van der Waals surface area contributed by atoms with Gasteiger partial charge in [-0.2, -0.15) is 10.5 Å². The smallest absolute Gasteiger partial charge is 0.242 e. The van der Waals surface area contributed by atoms with E-state index in [1.54, 1.807) is 34.9 Å². The van der Waals surface area contributed by atoms with Gasteiger partial charge in [0, 0.05) is 12.3 Å². The first-order valence-corrected chi connectivity index (χ1v) is 8.02. The zero-order valence-corrected chi connectivity index (χ0v) is 12.6. The number of amides is 1. The molecule has 5 nitrogen and oxygen atoms in total. The van der Waals surface area contributed by atoms with E-state index >= 15 is 0 Å². The highest BCUT2D eigenvalue weighted by Crippen LogP contribution is 2.33. The Balaban J connectivity index is 1.66. The summed E-state index contributed by atoms with van der Waals surface area (Å²) in [5, 5.41) is 21.2. The minimum Gasteiger partial charge on any atom is -0.318 e. The third-order valence-corrected chi connectivity index (χ3v) is 5.06. The van der Waals surface area contributed by atoms with Crippen molar-refractivity contribution in [3.8, 4) is 12.1 Å². The number of nitrogens with zero attached hydrogens (tertiary/aromatic N) is 3. The van der Waals surface area contributed by atoms with Gasteiger partial charge < -0.3 is 4.90 Å². The van der Waals surface area contributed by atoms with Crippen molar-refractivity contribution in [1.29, 1.82) is 10.5 Å². The molecule has 0 spiro atoms. The molecule has 1 saturated heterocycles. The van der Waals surface area contributed by atoms with E-state index in [1.807, 2.05) is 18.2 Å². The van der Waals surface area contributed by atoms with Crippen molar-refractivity contribution in [2.75, 3.05) is 12.3 Å². The maximum Gasteiger partial charge on any atom is 0.242 e. The lowest BCUT2D eigenvalue weighted by molar-refractivity contribution is -0.132. The van der Waals surface area contributed by atoms with Crippen LogP contribution in [-0.2, 0) is 4.79 Å². The summed E-state index contributed by atoms with van der Waals surface area (Å²) in [5.74, 6) is 0.651. The first-order chi connectivity index (χ1) is 10.7. The van der Waals surface area contributed by atoms with Crippen LogP contribution in [0.3, 0.4) is 0 Å². The Bertz CT molecular complexity index is 686. The minimum atomic E-state index is -0.451. The summed E-state index contributed by atoms with van der Waals surface area (Å²) in [7, 11) is 0. The Morgan fingerprint density at radius 1 is 1.32 bits per heavy atom. The summed E-state index contributed by atoms with van der Waals surface area (Å²) in [6.07, 6.45) is 3.62. The highest BCUT2D eigenvalue weighted by molar-refractivity contribution is 7.99. The molecule has 3 atom stereocenters. The summed E-state index contributed by atoms with van der Waals surface area (Å²) < 4.78 is 0. The molecule has 110 valence electrons. The molecule has 0 aliphatic carbocycles. The Hall–Kier alpha value is -2.28. The van der Waals surface area contributed by atoms with Gasteiger partial charge in [-0.1, -0.05) is 18.2 Å². The number of carbonyl (C=O) groups is 1. The van der Waals surface area contributed by atoms with Crippen molar-refractivity contribution in [2.45, 2.75) is 17.5 Å². The summed E-state index contributed by atoms with van der Waals surface area (Å²) in [6, 6.07) is 10.9. The van der Waals surface area contributed by atoms with Gasteiger partial charge in [-0.15, -0.1) is 11.8 Å². The molecule has 22 heavy (non-hydrogen) atoms. The van der Waals surface area contributed by atoms with E-state index in [1.165, 1.54) is 0 Å². The van der Waals surface area contributed by atoms with E-state index in [0.717, 1.165) is 5.56 Å². The number of rotatable bonds is 2. The molecule has 3 rings (SSSR count). The molecule has 1 aromatic rings. The van der Waals surface area contributed by atoms with Crippen molar-refractivity contribution < 1.29 is 4.79 Å². The van der Waals surface area contributed by atoms with Crippen molar-refractivity contribution >= 4 is 17.7 Å². The van der Waals surface area contributed by atoms with E-state index in [0.29, 0.717) is 17.9 Å². The molecule has 2 heterocycles. The number of thioether (sulfide) groups is 1. The quantitative estimate of drug-likeness (QED) is 0.838. The van der Waals surface area contributed by atoms with Crippen LogP contribution in [0, 0.1) is 22.7 Å². The van der Waals surface area contributed by atoms with Crippen LogP contribution in [0.15, 0.2) is 36.4 Å². The molecule has 1 N–H and O–H groups in total. The van der Waals surface area contributed by atoms with E-state index < -0.39 is 6.04 Å². The van der Waals surface area contributed by atoms with Gasteiger partial charge in [0.15, 0.2) is 0 Å². The van der Waals surface area contributed by atoms with Gasteiger partial charge >= 0.3 is 0 Å². The number of nitrogens with one attached hydrogen (secondary N) is 1. The second-order valence-corrected chi connectivity index (χ2v) is 6.30. The average Bonchev–Trinajstić information content (AvgIpc) is 3.23. The average molecular weight is 310 g/mol. The normalized spacial score (nSPS) is 26.6. The van der Waals surface area contributed by atoms with Crippen LogP contribution < -0.4 is 5.32 Å². The number of carbonyl (C=O) groups excluding carboxylic acids is 1. The van der Waals surface area contributed by atoms with Crippen molar-refractivity contribution in [3.63, 3.8) is 0 Å². The van der Waals surface area contributed by atoms with E-state index in [4.69, 9.17) is 10.5 Å². The molecule has 0 saturated carbocycles. The largest absolute Gasteiger partial charge is 0.318 e. The predicted octanol–water partition coefficient (Wildman–Crippen LogP) is 1.55. The summed E-state index contributed by atoms with van der Waals surface area (Å²) >= 11 is 1.67. The lowest BCUT2D eigenvalue weighted by atomic mass is 10.1. The fraction of sp³-hybridized carbons (Fsp3) is 0.312. The van der Waals surface area contributed by atoms with Crippen LogP contribution in [0.25, 0.3) is 0 Å². The standard InChI is InChI=1S/C16H14N4OS/c17-8-11-3-5-12(6-4-11)15-19-14(10-22-15)16(21)20-7-1-2-13(20)9-18/h1-6,13-15,19H,7,10H2/t13-,14-,15+/m0/s1. The highest BCUT2D eigenvalue weighted by Gasteiger charge is 2.36. The fourth-order valence-electron chi connectivity index (χ4n) is 2.60. The molecule has 2 aliphatic rings. The van der Waals surface area contributed by atoms with Crippen LogP contribution in [0.2, 0.25) is 0 Å². The summed E-state index contributed by atoms with van der Waals surface area (Å²) in [5.41, 5.74) is 1.68. The van der Waals surface area contributed by atoms with Gasteiger partial charge in [0.1, 0.15) is 6.04 Å². The molecular weight excluding hydrogens is 296 g/mol. The fourth-order valence-corrected chi connectivity index (χ4v) is 3.83. The van der Waals surface area contributed by atoms with E-state index in [-0.39, 0.29) is 17.3 Å². The van der Waals surface area contributed by atoms with Crippen LogP contribution in [-0.4, -0.2) is 35.2 Å². The van der Waals surface area contributed by atoms with Gasteiger partial charge in [0.05, 0.1) is 29.1 Å². The number of hydrogen-bond acceptors (Lipinski definition) is 5. The summed E-state index contributed by atoms with van der Waals surface area (Å²) in [6.45, 7) is 0.501. The van der Waals surface area contributed by atoms with Gasteiger partial charge in [-0.3, -0.25) is 10.1 Å². The molecule has 0 radical (unpaired) electrons. The lowest BCUT2D eigenvalue weighted by Gasteiger charge is -2.23. The zero-order valence-electron chi connectivity index (χ0n) is 11.8. The van der Waals surface area contributed by atoms with Crippen LogP contribution in [0.5, 0.6) is 0 Å². The second-order valence-electron chi connectivity index (χ2n) is 5.16. The number of hydrogen-bond donors (Lipinski definition) is 1.